The largest absolute Gasteiger partial charge is 0.449 e. The van der Waals surface area contributed by atoms with Gasteiger partial charge in [-0.15, -0.1) is 0 Å². The van der Waals surface area contributed by atoms with Crippen molar-refractivity contribution in [3.63, 3.8) is 0 Å². The molecule has 1 amide bonds. The number of nitrogens with one attached hydrogen (secondary N) is 1. The molecule has 0 radical (unpaired) electrons. The van der Waals surface area contributed by atoms with Crippen LogP contribution in [0.4, 0.5) is 11.4 Å². The first-order valence-electron chi connectivity index (χ1n) is 10.3. The number of halogens is 1. The Balaban J connectivity index is 1.53. The molecule has 1 atom stereocenters. The molecular formula is C24H20ClN3O5. The molecule has 0 aliphatic rings. The molecule has 0 fully saturated rings. The molecule has 1 N–H and O–H groups in total. The van der Waals surface area contributed by atoms with E-state index in [1.165, 1.54) is 19.1 Å². The van der Waals surface area contributed by atoms with E-state index in [1.54, 1.807) is 6.07 Å². The predicted molar refractivity (Wildman–Crippen MR) is 127 cm³/mol. The molecule has 0 bridgehead atoms. The van der Waals surface area contributed by atoms with Crippen LogP contribution in [-0.2, 0) is 16.1 Å². The van der Waals surface area contributed by atoms with Crippen LogP contribution >= 0.6 is 11.6 Å². The highest BCUT2D eigenvalue weighted by atomic mass is 35.5. The second kappa shape index (κ2) is 8.91. The first-order valence-corrected chi connectivity index (χ1v) is 10.6. The van der Waals surface area contributed by atoms with E-state index in [0.29, 0.717) is 5.69 Å². The Hall–Kier alpha value is -3.91. The molecule has 1 aromatic heterocycles. The summed E-state index contributed by atoms with van der Waals surface area (Å²) in [6, 6.07) is 17.1. The Kier molecular flexibility index (Phi) is 6.02. The highest BCUT2D eigenvalue weighted by Gasteiger charge is 2.23. The SMILES string of the molecule is CCn1c2ccccc2c2cc(NC(=O)[C@@H](C)OC(=O)c3cc([N+](=O)[O-])ccc3Cl)ccc21. The number of fused-ring (bicyclic) bond motifs is 3. The standard InChI is InChI=1S/C24H20ClN3O5/c1-3-27-21-7-5-4-6-17(21)18-12-15(8-11-22(18)27)26-23(29)14(2)33-24(30)19-13-16(28(31)32)9-10-20(19)25/h4-14H,3H2,1-2H3,(H,26,29)/t14-/m1/s1. The Bertz CT molecular complexity index is 1410. The van der Waals surface area contributed by atoms with Gasteiger partial charge in [-0.2, -0.15) is 0 Å². The van der Waals surface area contributed by atoms with Crippen molar-refractivity contribution in [1.82, 2.24) is 4.57 Å². The summed E-state index contributed by atoms with van der Waals surface area (Å²) in [6.45, 7) is 4.30. The highest BCUT2D eigenvalue weighted by Crippen LogP contribution is 2.31. The molecule has 33 heavy (non-hydrogen) atoms. The van der Waals surface area contributed by atoms with Crippen LogP contribution < -0.4 is 5.32 Å². The molecule has 9 heteroatoms. The van der Waals surface area contributed by atoms with Crippen LogP contribution in [0.1, 0.15) is 24.2 Å². The zero-order valence-corrected chi connectivity index (χ0v) is 18.6. The fourth-order valence-electron chi connectivity index (χ4n) is 3.78. The molecule has 1 heterocycles. The van der Waals surface area contributed by atoms with E-state index in [0.717, 1.165) is 34.4 Å². The molecular weight excluding hydrogens is 446 g/mol. The van der Waals surface area contributed by atoms with Gasteiger partial charge in [0.2, 0.25) is 0 Å². The average Bonchev–Trinajstić information content (AvgIpc) is 3.12. The third-order valence-electron chi connectivity index (χ3n) is 5.39. The minimum atomic E-state index is -1.15. The normalized spacial score (nSPS) is 12.0. The van der Waals surface area contributed by atoms with E-state index in [9.17, 15) is 19.7 Å². The number of hydrogen-bond acceptors (Lipinski definition) is 5. The minimum absolute atomic E-state index is 0.00373. The number of rotatable bonds is 6. The van der Waals surface area contributed by atoms with Crippen LogP contribution in [-0.4, -0.2) is 27.5 Å². The number of esters is 1. The molecule has 0 aliphatic heterocycles. The number of amides is 1. The quantitative estimate of drug-likeness (QED) is 0.228. The lowest BCUT2D eigenvalue weighted by Gasteiger charge is -2.14. The number of aryl methyl sites for hydroxylation is 1. The number of nitro groups is 1. The summed E-state index contributed by atoms with van der Waals surface area (Å²) in [6.07, 6.45) is -1.15. The van der Waals surface area contributed by atoms with Gasteiger partial charge < -0.3 is 14.6 Å². The Labute approximate surface area is 193 Å². The van der Waals surface area contributed by atoms with Crippen molar-refractivity contribution in [3.8, 4) is 0 Å². The number of carbonyl (C=O) groups excluding carboxylic acids is 2. The summed E-state index contributed by atoms with van der Waals surface area (Å²) in [7, 11) is 0. The van der Waals surface area contributed by atoms with E-state index in [4.69, 9.17) is 16.3 Å². The maximum atomic E-state index is 12.7. The van der Waals surface area contributed by atoms with Gasteiger partial charge in [-0.25, -0.2) is 4.79 Å². The van der Waals surface area contributed by atoms with Gasteiger partial charge in [0.15, 0.2) is 6.10 Å². The van der Waals surface area contributed by atoms with Gasteiger partial charge in [-0.3, -0.25) is 14.9 Å². The van der Waals surface area contributed by atoms with Crippen LogP contribution in [0.15, 0.2) is 60.7 Å². The van der Waals surface area contributed by atoms with Crippen molar-refractivity contribution in [2.24, 2.45) is 0 Å². The topological polar surface area (TPSA) is 103 Å². The Morgan fingerprint density at radius 1 is 1.09 bits per heavy atom. The van der Waals surface area contributed by atoms with E-state index >= 15 is 0 Å². The summed E-state index contributed by atoms with van der Waals surface area (Å²) >= 11 is 5.98. The fourth-order valence-corrected chi connectivity index (χ4v) is 3.97. The van der Waals surface area contributed by atoms with Crippen molar-refractivity contribution in [1.29, 1.82) is 0 Å². The lowest BCUT2D eigenvalue weighted by atomic mass is 10.1. The van der Waals surface area contributed by atoms with Gasteiger partial charge in [-0.05, 0) is 44.2 Å². The molecule has 0 aliphatic carbocycles. The molecule has 0 saturated carbocycles. The highest BCUT2D eigenvalue weighted by molar-refractivity contribution is 6.33. The van der Waals surface area contributed by atoms with E-state index in [1.807, 2.05) is 30.3 Å². The predicted octanol–water partition coefficient (Wildman–Crippen LogP) is 5.56. The van der Waals surface area contributed by atoms with Gasteiger partial charge in [0.1, 0.15) is 0 Å². The fraction of sp³-hybridized carbons (Fsp3) is 0.167. The van der Waals surface area contributed by atoms with Crippen LogP contribution in [0.5, 0.6) is 0 Å². The molecule has 0 saturated heterocycles. The zero-order chi connectivity index (χ0) is 23.7. The zero-order valence-electron chi connectivity index (χ0n) is 17.9. The third kappa shape index (κ3) is 4.25. The van der Waals surface area contributed by atoms with Gasteiger partial charge in [0, 0.05) is 46.2 Å². The summed E-state index contributed by atoms with van der Waals surface area (Å²) in [5.74, 6) is -1.46. The number of benzene rings is 3. The first-order chi connectivity index (χ1) is 15.8. The van der Waals surface area contributed by atoms with Gasteiger partial charge in [-0.1, -0.05) is 29.8 Å². The van der Waals surface area contributed by atoms with Gasteiger partial charge >= 0.3 is 5.97 Å². The van der Waals surface area contributed by atoms with Crippen molar-refractivity contribution in [2.45, 2.75) is 26.5 Å². The number of nitro benzene ring substituents is 1. The number of ether oxygens (including phenoxy) is 1. The molecule has 3 aromatic carbocycles. The number of non-ortho nitro benzene ring substituents is 1. The lowest BCUT2D eigenvalue weighted by molar-refractivity contribution is -0.384. The molecule has 0 unspecified atom stereocenters. The van der Waals surface area contributed by atoms with Gasteiger partial charge in [0.05, 0.1) is 15.5 Å². The molecule has 4 aromatic rings. The monoisotopic (exact) mass is 465 g/mol. The van der Waals surface area contributed by atoms with E-state index < -0.39 is 22.9 Å². The first kappa shape index (κ1) is 22.3. The van der Waals surface area contributed by atoms with E-state index in [2.05, 4.69) is 22.9 Å². The van der Waals surface area contributed by atoms with E-state index in [-0.39, 0.29) is 16.3 Å². The van der Waals surface area contributed by atoms with Crippen LogP contribution in [0, 0.1) is 10.1 Å². The van der Waals surface area contributed by atoms with Crippen LogP contribution in [0.3, 0.4) is 0 Å². The van der Waals surface area contributed by atoms with Crippen molar-refractivity contribution in [3.05, 3.63) is 81.4 Å². The maximum Gasteiger partial charge on any atom is 0.340 e. The summed E-state index contributed by atoms with van der Waals surface area (Å²) in [5.41, 5.74) is 2.23. The number of carbonyl (C=O) groups is 2. The lowest BCUT2D eigenvalue weighted by Crippen LogP contribution is -2.30. The van der Waals surface area contributed by atoms with Crippen LogP contribution in [0.25, 0.3) is 21.8 Å². The van der Waals surface area contributed by atoms with Crippen molar-refractivity contribution in [2.75, 3.05) is 5.32 Å². The number of anilines is 1. The summed E-state index contributed by atoms with van der Waals surface area (Å²) in [4.78, 5) is 35.4. The number of hydrogen-bond donors (Lipinski definition) is 1. The van der Waals surface area contributed by atoms with Gasteiger partial charge in [0.25, 0.3) is 11.6 Å². The number of aromatic nitrogens is 1. The number of nitrogens with zero attached hydrogens (tertiary/aromatic N) is 2. The summed E-state index contributed by atoms with van der Waals surface area (Å²) < 4.78 is 7.40. The molecule has 4 rings (SSSR count). The smallest absolute Gasteiger partial charge is 0.340 e. The molecule has 8 nitrogen and oxygen atoms in total. The van der Waals surface area contributed by atoms with Crippen LogP contribution in [0.2, 0.25) is 5.02 Å². The Morgan fingerprint density at radius 3 is 2.55 bits per heavy atom. The second-order valence-electron chi connectivity index (χ2n) is 7.45. The minimum Gasteiger partial charge on any atom is -0.449 e. The number of para-hydroxylation sites is 1. The average molecular weight is 466 g/mol. The maximum absolute atomic E-state index is 12.7. The third-order valence-corrected chi connectivity index (χ3v) is 5.72. The second-order valence-corrected chi connectivity index (χ2v) is 7.86. The Morgan fingerprint density at radius 2 is 1.82 bits per heavy atom. The molecule has 168 valence electrons. The molecule has 0 spiro atoms. The summed E-state index contributed by atoms with van der Waals surface area (Å²) in [5, 5.41) is 15.8. The van der Waals surface area contributed by atoms with Crippen molar-refractivity contribution < 1.29 is 19.2 Å². The van der Waals surface area contributed by atoms with Crippen molar-refractivity contribution >= 4 is 56.7 Å².